The van der Waals surface area contributed by atoms with E-state index in [9.17, 15) is 0 Å². The first-order chi connectivity index (χ1) is 4.50. The number of halogens is 1. The van der Waals surface area contributed by atoms with Gasteiger partial charge in [-0.05, 0) is 9.90 Å². The number of hydrogen-bond donors (Lipinski definition) is 0. The molecule has 0 aromatic carbocycles. The lowest BCUT2D eigenvalue weighted by molar-refractivity contribution is 0.496. The number of hydrogen-bond acceptors (Lipinski definition) is 0. The molecule has 10 heavy (non-hydrogen) atoms. The molecule has 0 heterocycles. The van der Waals surface area contributed by atoms with Crippen molar-refractivity contribution in [1.82, 2.24) is 0 Å². The normalized spacial score (nSPS) is 18.8. The van der Waals surface area contributed by atoms with Gasteiger partial charge in [0.25, 0.3) is 0 Å². The van der Waals surface area contributed by atoms with Gasteiger partial charge in [0.1, 0.15) is 0 Å². The van der Waals surface area contributed by atoms with E-state index in [1.807, 2.05) is 0 Å². The van der Waals surface area contributed by atoms with E-state index in [0.29, 0.717) is 5.41 Å². The molecule has 0 atom stereocenters. The Hall–Kier alpha value is -0.0400. The fraction of sp³-hybridized carbons (Fsp3) is 0.556. The third-order valence-electron chi connectivity index (χ3n) is 1.79. The highest BCUT2D eigenvalue weighted by molar-refractivity contribution is 9.11. The summed E-state index contributed by atoms with van der Waals surface area (Å²) < 4.78 is 1.30. The largest absolute Gasteiger partial charge is 0.0614 e. The average molecular weight is 201 g/mol. The lowest BCUT2D eigenvalue weighted by atomic mass is 9.86. The zero-order valence-corrected chi connectivity index (χ0v) is 8.33. The van der Waals surface area contributed by atoms with Crippen LogP contribution in [-0.2, 0) is 0 Å². The second kappa shape index (κ2) is 2.54. The van der Waals surface area contributed by atoms with E-state index in [4.69, 9.17) is 0 Å². The van der Waals surface area contributed by atoms with Crippen LogP contribution in [-0.4, -0.2) is 0 Å². The molecule has 0 N–H and O–H groups in total. The fourth-order valence-electron chi connectivity index (χ4n) is 1.01. The van der Waals surface area contributed by atoms with Crippen LogP contribution in [0.15, 0.2) is 22.2 Å². The van der Waals surface area contributed by atoms with Crippen molar-refractivity contribution < 1.29 is 0 Å². The lowest BCUT2D eigenvalue weighted by Gasteiger charge is -2.20. The summed E-state index contributed by atoms with van der Waals surface area (Å²) in [4.78, 5) is 0. The Bertz CT molecular complexity index is 191. The minimum Gasteiger partial charge on any atom is -0.0614 e. The molecule has 0 amide bonds. The molecular weight excluding hydrogens is 188 g/mol. The van der Waals surface area contributed by atoms with Crippen molar-refractivity contribution in [3.63, 3.8) is 0 Å². The van der Waals surface area contributed by atoms with Crippen LogP contribution in [0.25, 0.3) is 0 Å². The molecule has 0 unspecified atom stereocenters. The maximum atomic E-state index is 3.48. The first-order valence-corrected chi connectivity index (χ1v) is 4.35. The van der Waals surface area contributed by atoms with Crippen LogP contribution in [0.4, 0.5) is 0 Å². The van der Waals surface area contributed by atoms with Crippen LogP contribution < -0.4 is 0 Å². The molecule has 1 rings (SSSR count). The second-order valence-corrected chi connectivity index (χ2v) is 4.75. The Kier molecular flexibility index (Phi) is 2.04. The Morgan fingerprint density at radius 1 is 1.30 bits per heavy atom. The minimum atomic E-state index is 0.339. The van der Waals surface area contributed by atoms with Gasteiger partial charge in [-0.2, -0.15) is 0 Å². The van der Waals surface area contributed by atoms with Crippen molar-refractivity contribution in [3.8, 4) is 0 Å². The van der Waals surface area contributed by atoms with E-state index in [1.54, 1.807) is 0 Å². The quantitative estimate of drug-likeness (QED) is 0.561. The van der Waals surface area contributed by atoms with E-state index < -0.39 is 0 Å². The van der Waals surface area contributed by atoms with E-state index >= 15 is 0 Å². The third-order valence-corrected chi connectivity index (χ3v) is 2.33. The summed E-state index contributed by atoms with van der Waals surface area (Å²) in [5, 5.41) is 0. The van der Waals surface area contributed by atoms with Gasteiger partial charge >= 0.3 is 0 Å². The van der Waals surface area contributed by atoms with Gasteiger partial charge in [0.15, 0.2) is 0 Å². The van der Waals surface area contributed by atoms with Gasteiger partial charge < -0.3 is 0 Å². The summed E-state index contributed by atoms with van der Waals surface area (Å²) in [7, 11) is 0. The van der Waals surface area contributed by atoms with Crippen molar-refractivity contribution in [2.24, 2.45) is 5.41 Å². The summed E-state index contributed by atoms with van der Waals surface area (Å²) in [5.74, 6) is 0. The summed E-state index contributed by atoms with van der Waals surface area (Å²) in [5.41, 5.74) is 1.85. The molecule has 1 aliphatic rings. The van der Waals surface area contributed by atoms with Gasteiger partial charge in [-0.25, -0.2) is 0 Å². The first-order valence-electron chi connectivity index (χ1n) is 3.56. The maximum absolute atomic E-state index is 3.48. The van der Waals surface area contributed by atoms with Crippen LogP contribution >= 0.6 is 15.9 Å². The Morgan fingerprint density at radius 2 is 1.90 bits per heavy atom. The van der Waals surface area contributed by atoms with E-state index in [-0.39, 0.29) is 0 Å². The van der Waals surface area contributed by atoms with Gasteiger partial charge in [0, 0.05) is 6.42 Å². The van der Waals surface area contributed by atoms with Crippen LogP contribution in [0.5, 0.6) is 0 Å². The third kappa shape index (κ3) is 1.72. The predicted molar refractivity (Wildman–Crippen MR) is 49.2 cm³/mol. The summed E-state index contributed by atoms with van der Waals surface area (Å²) in [6.07, 6.45) is 5.45. The highest BCUT2D eigenvalue weighted by Gasteiger charge is 2.19. The molecule has 0 nitrogen and oxygen atoms in total. The topological polar surface area (TPSA) is 0 Å². The molecule has 0 spiro atoms. The Labute approximate surface area is 71.1 Å². The lowest BCUT2D eigenvalue weighted by Crippen LogP contribution is -2.07. The van der Waals surface area contributed by atoms with Gasteiger partial charge in [0.2, 0.25) is 0 Å². The molecule has 0 aliphatic heterocycles. The monoisotopic (exact) mass is 200 g/mol. The average Bonchev–Trinajstić information content (AvgIpc) is 2.11. The van der Waals surface area contributed by atoms with Gasteiger partial charge in [-0.15, -0.1) is 0 Å². The summed E-state index contributed by atoms with van der Waals surface area (Å²) >= 11 is 3.48. The Morgan fingerprint density at radius 3 is 2.10 bits per heavy atom. The van der Waals surface area contributed by atoms with Crippen LogP contribution in [0.2, 0.25) is 0 Å². The van der Waals surface area contributed by atoms with Crippen LogP contribution in [0, 0.1) is 5.41 Å². The summed E-state index contributed by atoms with van der Waals surface area (Å²) in [6, 6.07) is 0. The van der Waals surface area contributed by atoms with Gasteiger partial charge in [-0.3, -0.25) is 0 Å². The zero-order valence-electron chi connectivity index (χ0n) is 6.74. The SMILES string of the molecule is CC(C)(C)C1=CC=C(Br)C1. The van der Waals surface area contributed by atoms with Crippen molar-refractivity contribution in [2.75, 3.05) is 0 Å². The molecule has 0 aromatic rings. The smallest absolute Gasteiger partial charge is 0.000769 e. The molecule has 1 heteroatoms. The van der Waals surface area contributed by atoms with Gasteiger partial charge in [-0.1, -0.05) is 54.4 Å². The first kappa shape index (κ1) is 8.06. The van der Waals surface area contributed by atoms with E-state index in [2.05, 4.69) is 48.9 Å². The van der Waals surface area contributed by atoms with E-state index in [1.165, 1.54) is 10.1 Å². The fourth-order valence-corrected chi connectivity index (χ4v) is 1.44. The van der Waals surface area contributed by atoms with Crippen LogP contribution in [0.3, 0.4) is 0 Å². The summed E-state index contributed by atoms with van der Waals surface area (Å²) in [6.45, 7) is 6.74. The number of rotatable bonds is 0. The molecular formula is C9H13Br. The van der Waals surface area contributed by atoms with Crippen molar-refractivity contribution in [2.45, 2.75) is 27.2 Å². The number of allylic oxidation sites excluding steroid dienone is 4. The molecule has 0 radical (unpaired) electrons. The van der Waals surface area contributed by atoms with Crippen molar-refractivity contribution >= 4 is 15.9 Å². The van der Waals surface area contributed by atoms with Gasteiger partial charge in [0.05, 0.1) is 0 Å². The molecule has 0 bridgehead atoms. The van der Waals surface area contributed by atoms with Crippen LogP contribution in [0.1, 0.15) is 27.2 Å². The highest BCUT2D eigenvalue weighted by atomic mass is 79.9. The Balaban J connectivity index is 2.66. The standard InChI is InChI=1S/C9H13Br/c1-9(2,3)7-4-5-8(10)6-7/h4-5H,6H2,1-3H3. The van der Waals surface area contributed by atoms with E-state index in [0.717, 1.165) is 6.42 Å². The zero-order chi connectivity index (χ0) is 7.78. The van der Waals surface area contributed by atoms with Crippen molar-refractivity contribution in [3.05, 3.63) is 22.2 Å². The second-order valence-electron chi connectivity index (χ2n) is 3.73. The molecule has 0 saturated carbocycles. The highest BCUT2D eigenvalue weighted by Crippen LogP contribution is 2.35. The minimum absolute atomic E-state index is 0.339. The molecule has 56 valence electrons. The molecule has 1 aliphatic carbocycles. The molecule has 0 saturated heterocycles. The maximum Gasteiger partial charge on any atom is 0.000769 e. The van der Waals surface area contributed by atoms with Crippen molar-refractivity contribution in [1.29, 1.82) is 0 Å². The molecule has 0 aromatic heterocycles. The predicted octanol–water partition coefficient (Wildman–Crippen LogP) is 3.64. The molecule has 0 fully saturated rings.